The third kappa shape index (κ3) is 2.91. The molecule has 2 heteroatoms. The van der Waals surface area contributed by atoms with Crippen LogP contribution in [0.2, 0.25) is 0 Å². The van der Waals surface area contributed by atoms with E-state index in [9.17, 15) is 0 Å². The van der Waals surface area contributed by atoms with Crippen LogP contribution in [0.5, 0.6) is 0 Å². The summed E-state index contributed by atoms with van der Waals surface area (Å²) in [5.74, 6) is 1.75. The molecular formula is C16H32N2. The quantitative estimate of drug-likeness (QED) is 0.835. The van der Waals surface area contributed by atoms with Gasteiger partial charge < -0.3 is 5.73 Å². The highest BCUT2D eigenvalue weighted by molar-refractivity contribution is 5.01. The molecule has 0 aromatic rings. The number of hydrogen-bond acceptors (Lipinski definition) is 2. The van der Waals surface area contributed by atoms with E-state index in [1.54, 1.807) is 0 Å². The molecule has 2 aliphatic rings. The van der Waals surface area contributed by atoms with Gasteiger partial charge in [-0.1, -0.05) is 20.8 Å². The van der Waals surface area contributed by atoms with Crippen molar-refractivity contribution < 1.29 is 0 Å². The molecule has 2 fully saturated rings. The first kappa shape index (κ1) is 14.3. The highest BCUT2D eigenvalue weighted by Gasteiger charge is 2.45. The van der Waals surface area contributed by atoms with Gasteiger partial charge in [0.25, 0.3) is 0 Å². The fourth-order valence-corrected chi connectivity index (χ4v) is 3.73. The highest BCUT2D eigenvalue weighted by Crippen LogP contribution is 2.44. The van der Waals surface area contributed by atoms with Gasteiger partial charge in [-0.3, -0.25) is 4.90 Å². The summed E-state index contributed by atoms with van der Waals surface area (Å²) in [5, 5.41) is 0. The Kier molecular flexibility index (Phi) is 4.08. The Morgan fingerprint density at radius 3 is 2.11 bits per heavy atom. The van der Waals surface area contributed by atoms with Crippen LogP contribution in [-0.2, 0) is 0 Å². The van der Waals surface area contributed by atoms with Gasteiger partial charge in [-0.05, 0) is 69.4 Å². The fraction of sp³-hybridized carbons (Fsp3) is 1.00. The van der Waals surface area contributed by atoms with Gasteiger partial charge in [0.05, 0.1) is 0 Å². The normalized spacial score (nSPS) is 30.8. The molecule has 1 heterocycles. The molecule has 1 aliphatic carbocycles. The minimum Gasteiger partial charge on any atom is -0.329 e. The van der Waals surface area contributed by atoms with Gasteiger partial charge in [-0.25, -0.2) is 0 Å². The Morgan fingerprint density at radius 1 is 0.944 bits per heavy atom. The molecule has 0 aromatic heterocycles. The predicted octanol–water partition coefficient (Wildman–Crippen LogP) is 3.26. The molecule has 0 aromatic carbocycles. The van der Waals surface area contributed by atoms with E-state index < -0.39 is 0 Å². The van der Waals surface area contributed by atoms with Crippen LogP contribution in [0.3, 0.4) is 0 Å². The molecule has 0 amide bonds. The Hall–Kier alpha value is -0.0800. The lowest BCUT2D eigenvalue weighted by molar-refractivity contribution is 0.0887. The third-order valence-corrected chi connectivity index (χ3v) is 5.55. The smallest absolute Gasteiger partial charge is 0.0331 e. The second-order valence-electron chi connectivity index (χ2n) is 7.82. The minimum absolute atomic E-state index is 0.284. The Labute approximate surface area is 113 Å². The molecule has 2 atom stereocenters. The molecule has 1 aliphatic heterocycles. The number of likely N-dealkylation sites (tertiary alicyclic amines) is 1. The SMILES string of the molecule is CC(C)(C)C1CCCN(C(C)(CN)C2CC2)CC1. The lowest BCUT2D eigenvalue weighted by Gasteiger charge is -2.41. The van der Waals surface area contributed by atoms with Crippen molar-refractivity contribution in [2.75, 3.05) is 19.6 Å². The minimum atomic E-state index is 0.284. The molecule has 1 saturated carbocycles. The monoisotopic (exact) mass is 252 g/mol. The summed E-state index contributed by atoms with van der Waals surface area (Å²) in [4.78, 5) is 2.72. The van der Waals surface area contributed by atoms with Gasteiger partial charge in [-0.15, -0.1) is 0 Å². The molecule has 0 spiro atoms. The van der Waals surface area contributed by atoms with E-state index in [0.29, 0.717) is 5.41 Å². The number of nitrogens with two attached hydrogens (primary N) is 1. The van der Waals surface area contributed by atoms with Crippen molar-refractivity contribution >= 4 is 0 Å². The zero-order valence-corrected chi connectivity index (χ0v) is 12.8. The molecule has 2 nitrogen and oxygen atoms in total. The fourth-order valence-electron chi connectivity index (χ4n) is 3.73. The lowest BCUT2D eigenvalue weighted by atomic mass is 9.76. The van der Waals surface area contributed by atoms with E-state index in [1.165, 1.54) is 45.2 Å². The first-order valence-corrected chi connectivity index (χ1v) is 7.83. The highest BCUT2D eigenvalue weighted by atomic mass is 15.2. The summed E-state index contributed by atoms with van der Waals surface area (Å²) in [6.45, 7) is 13.0. The average molecular weight is 252 g/mol. The van der Waals surface area contributed by atoms with Crippen molar-refractivity contribution in [3.05, 3.63) is 0 Å². The van der Waals surface area contributed by atoms with Gasteiger partial charge in [0.15, 0.2) is 0 Å². The van der Waals surface area contributed by atoms with Crippen LogP contribution in [0.4, 0.5) is 0 Å². The second-order valence-corrected chi connectivity index (χ2v) is 7.82. The van der Waals surface area contributed by atoms with Crippen LogP contribution >= 0.6 is 0 Å². The van der Waals surface area contributed by atoms with E-state index in [1.807, 2.05) is 0 Å². The van der Waals surface area contributed by atoms with Gasteiger partial charge in [0, 0.05) is 12.1 Å². The standard InChI is InChI=1S/C16H32N2/c1-15(2,3)13-6-5-10-18(11-9-13)16(4,12-17)14-7-8-14/h13-14H,5-12,17H2,1-4H3. The summed E-state index contributed by atoms with van der Waals surface area (Å²) in [6.07, 6.45) is 6.89. The van der Waals surface area contributed by atoms with Gasteiger partial charge in [0.1, 0.15) is 0 Å². The second kappa shape index (κ2) is 5.13. The number of nitrogens with zero attached hydrogens (tertiary/aromatic N) is 1. The van der Waals surface area contributed by atoms with E-state index in [-0.39, 0.29) is 5.54 Å². The van der Waals surface area contributed by atoms with E-state index in [2.05, 4.69) is 32.6 Å². The van der Waals surface area contributed by atoms with Crippen molar-refractivity contribution in [2.24, 2.45) is 23.0 Å². The average Bonchev–Trinajstić information content (AvgIpc) is 3.12. The molecule has 18 heavy (non-hydrogen) atoms. The summed E-state index contributed by atoms with van der Waals surface area (Å²) in [5.41, 5.74) is 6.86. The van der Waals surface area contributed by atoms with Gasteiger partial charge in [-0.2, -0.15) is 0 Å². The maximum atomic E-state index is 6.11. The van der Waals surface area contributed by atoms with Crippen LogP contribution in [0.15, 0.2) is 0 Å². The molecule has 2 rings (SSSR count). The number of rotatable bonds is 3. The number of hydrogen-bond donors (Lipinski definition) is 1. The Morgan fingerprint density at radius 2 is 1.61 bits per heavy atom. The molecular weight excluding hydrogens is 220 g/mol. The Bertz CT molecular complexity index is 277. The summed E-state index contributed by atoms with van der Waals surface area (Å²) >= 11 is 0. The van der Waals surface area contributed by atoms with Crippen LogP contribution in [-0.4, -0.2) is 30.1 Å². The summed E-state index contributed by atoms with van der Waals surface area (Å²) < 4.78 is 0. The molecule has 0 bridgehead atoms. The van der Waals surface area contributed by atoms with E-state index in [4.69, 9.17) is 5.73 Å². The zero-order chi connectivity index (χ0) is 13.4. The third-order valence-electron chi connectivity index (χ3n) is 5.55. The molecule has 1 saturated heterocycles. The van der Waals surface area contributed by atoms with Crippen molar-refractivity contribution in [1.29, 1.82) is 0 Å². The lowest BCUT2D eigenvalue weighted by Crippen LogP contribution is -2.53. The van der Waals surface area contributed by atoms with Crippen LogP contribution < -0.4 is 5.73 Å². The zero-order valence-electron chi connectivity index (χ0n) is 12.8. The molecule has 2 N–H and O–H groups in total. The van der Waals surface area contributed by atoms with Crippen LogP contribution in [0, 0.1) is 17.3 Å². The van der Waals surface area contributed by atoms with Gasteiger partial charge in [0.2, 0.25) is 0 Å². The van der Waals surface area contributed by atoms with Crippen molar-refractivity contribution in [2.45, 2.75) is 65.3 Å². The predicted molar refractivity (Wildman–Crippen MR) is 78.6 cm³/mol. The van der Waals surface area contributed by atoms with Crippen molar-refractivity contribution in [3.63, 3.8) is 0 Å². The van der Waals surface area contributed by atoms with Gasteiger partial charge >= 0.3 is 0 Å². The largest absolute Gasteiger partial charge is 0.329 e. The Balaban J connectivity index is 2.00. The first-order valence-electron chi connectivity index (χ1n) is 7.83. The van der Waals surface area contributed by atoms with E-state index in [0.717, 1.165) is 18.4 Å². The van der Waals surface area contributed by atoms with Crippen LogP contribution in [0.1, 0.15) is 59.8 Å². The summed E-state index contributed by atoms with van der Waals surface area (Å²) in [7, 11) is 0. The maximum Gasteiger partial charge on any atom is 0.0331 e. The van der Waals surface area contributed by atoms with Crippen molar-refractivity contribution in [1.82, 2.24) is 4.90 Å². The van der Waals surface area contributed by atoms with Crippen LogP contribution in [0.25, 0.3) is 0 Å². The van der Waals surface area contributed by atoms with Crippen molar-refractivity contribution in [3.8, 4) is 0 Å². The van der Waals surface area contributed by atoms with E-state index >= 15 is 0 Å². The molecule has 2 unspecified atom stereocenters. The maximum absolute atomic E-state index is 6.11. The topological polar surface area (TPSA) is 29.3 Å². The first-order chi connectivity index (χ1) is 8.38. The molecule has 106 valence electrons. The molecule has 0 radical (unpaired) electrons. The summed E-state index contributed by atoms with van der Waals surface area (Å²) in [6, 6.07) is 0.